The number of carbonyl (C=O) groups is 1. The molecule has 0 fully saturated rings. The topological polar surface area (TPSA) is 74.8 Å². The van der Waals surface area contributed by atoms with E-state index in [1.807, 2.05) is 91.2 Å². The Labute approximate surface area is 213 Å². The van der Waals surface area contributed by atoms with Crippen LogP contribution in [-0.4, -0.2) is 43.0 Å². The van der Waals surface area contributed by atoms with E-state index in [-0.39, 0.29) is 11.5 Å². The molecule has 36 heavy (non-hydrogen) atoms. The van der Waals surface area contributed by atoms with Crippen LogP contribution in [0.15, 0.2) is 90.3 Å². The van der Waals surface area contributed by atoms with Crippen molar-refractivity contribution in [1.29, 1.82) is 0 Å². The highest BCUT2D eigenvalue weighted by molar-refractivity contribution is 7.99. The van der Waals surface area contributed by atoms with Gasteiger partial charge < -0.3 is 9.30 Å². The Kier molecular flexibility index (Phi) is 6.69. The number of hydrogen-bond donors (Lipinski definition) is 0. The first kappa shape index (κ1) is 23.6. The average Bonchev–Trinajstić information content (AvgIpc) is 3.48. The largest absolute Gasteiger partial charge is 0.497 e. The number of ketones is 1. The molecule has 0 radical (unpaired) electrons. The molecule has 0 saturated carbocycles. The molecule has 8 heteroatoms. The molecular weight excluding hydrogens is 470 g/mol. The number of nitrogens with zero attached hydrogens (tertiary/aromatic N) is 5. The minimum Gasteiger partial charge on any atom is -0.497 e. The van der Waals surface area contributed by atoms with E-state index in [1.165, 1.54) is 11.8 Å². The number of thioether (sulfide) groups is 1. The molecule has 0 spiro atoms. The van der Waals surface area contributed by atoms with Crippen LogP contribution in [0.5, 0.6) is 5.75 Å². The molecule has 5 rings (SSSR count). The maximum Gasteiger partial charge on any atom is 0.196 e. The number of methoxy groups -OCH3 is 1. The van der Waals surface area contributed by atoms with E-state index in [2.05, 4.69) is 19.7 Å². The molecule has 0 aliphatic heterocycles. The zero-order chi connectivity index (χ0) is 25.1. The first-order chi connectivity index (χ1) is 17.6. The molecule has 0 amide bonds. The fourth-order valence-corrected chi connectivity index (χ4v) is 5.08. The first-order valence-corrected chi connectivity index (χ1v) is 12.5. The van der Waals surface area contributed by atoms with Crippen LogP contribution < -0.4 is 4.74 Å². The van der Waals surface area contributed by atoms with Gasteiger partial charge >= 0.3 is 0 Å². The van der Waals surface area contributed by atoms with Gasteiger partial charge in [-0.15, -0.1) is 10.2 Å². The Morgan fingerprint density at radius 2 is 1.58 bits per heavy atom. The van der Waals surface area contributed by atoms with E-state index < -0.39 is 0 Å². The fourth-order valence-electron chi connectivity index (χ4n) is 4.24. The summed E-state index contributed by atoms with van der Waals surface area (Å²) < 4.78 is 9.34. The molecule has 0 aliphatic carbocycles. The molecule has 5 aromatic rings. The highest BCUT2D eigenvalue weighted by atomic mass is 32.2. The normalized spacial score (nSPS) is 11.0. The lowest BCUT2D eigenvalue weighted by atomic mass is 10.2. The van der Waals surface area contributed by atoms with Crippen molar-refractivity contribution < 1.29 is 9.53 Å². The van der Waals surface area contributed by atoms with Gasteiger partial charge in [0.25, 0.3) is 0 Å². The van der Waals surface area contributed by atoms with Crippen molar-refractivity contribution in [2.24, 2.45) is 0 Å². The molecule has 0 atom stereocenters. The van der Waals surface area contributed by atoms with Crippen molar-refractivity contribution in [2.75, 3.05) is 12.9 Å². The van der Waals surface area contributed by atoms with Gasteiger partial charge in [0.1, 0.15) is 5.75 Å². The van der Waals surface area contributed by atoms with Crippen molar-refractivity contribution in [1.82, 2.24) is 24.3 Å². The number of aryl methyl sites for hydroxylation is 1. The molecule has 180 valence electrons. The molecule has 0 N–H and O–H groups in total. The van der Waals surface area contributed by atoms with E-state index in [9.17, 15) is 4.79 Å². The van der Waals surface area contributed by atoms with Gasteiger partial charge in [0.15, 0.2) is 16.8 Å². The molecular formula is C28H25N5O2S. The monoisotopic (exact) mass is 495 g/mol. The number of aromatic nitrogens is 5. The summed E-state index contributed by atoms with van der Waals surface area (Å²) in [7, 11) is 1.65. The van der Waals surface area contributed by atoms with Crippen LogP contribution in [0.25, 0.3) is 22.8 Å². The van der Waals surface area contributed by atoms with Gasteiger partial charge in [-0.3, -0.25) is 14.3 Å². The van der Waals surface area contributed by atoms with E-state index >= 15 is 0 Å². The number of Topliss-reactive ketones (excluding diaryl/α,β-unsaturated/α-hetero) is 1. The molecule has 0 aliphatic rings. The third-order valence-electron chi connectivity index (χ3n) is 5.98. The van der Waals surface area contributed by atoms with Gasteiger partial charge in [0.05, 0.1) is 12.9 Å². The summed E-state index contributed by atoms with van der Waals surface area (Å²) in [5.41, 5.74) is 5.44. The number of carbonyl (C=O) groups excluding carboxylic acids is 1. The number of rotatable bonds is 8. The minimum absolute atomic E-state index is 0.0425. The SMILES string of the molecule is COc1ccc(-n2c(C)cc(C(=O)CSc3nnc(-c4ccncc4)n3-c3ccccc3)c2C)cc1. The Hall–Kier alpha value is -4.17. The molecule has 0 bridgehead atoms. The minimum atomic E-state index is 0.0425. The second-order valence-electron chi connectivity index (χ2n) is 8.24. The Bertz CT molecular complexity index is 1490. The van der Waals surface area contributed by atoms with Gasteiger partial charge in [-0.2, -0.15) is 0 Å². The molecule has 0 unspecified atom stereocenters. The van der Waals surface area contributed by atoms with Crippen LogP contribution in [-0.2, 0) is 0 Å². The Balaban J connectivity index is 1.42. The lowest BCUT2D eigenvalue weighted by molar-refractivity contribution is 0.102. The third kappa shape index (κ3) is 4.55. The van der Waals surface area contributed by atoms with Crippen molar-refractivity contribution in [2.45, 2.75) is 19.0 Å². The van der Waals surface area contributed by atoms with Crippen molar-refractivity contribution >= 4 is 17.5 Å². The van der Waals surface area contributed by atoms with Crippen LogP contribution in [0.4, 0.5) is 0 Å². The molecule has 3 aromatic heterocycles. The van der Waals surface area contributed by atoms with E-state index in [0.717, 1.165) is 34.1 Å². The van der Waals surface area contributed by atoms with Gasteiger partial charge in [-0.1, -0.05) is 30.0 Å². The number of hydrogen-bond acceptors (Lipinski definition) is 6. The average molecular weight is 496 g/mol. The van der Waals surface area contributed by atoms with Crippen molar-refractivity contribution in [3.63, 3.8) is 0 Å². The quantitative estimate of drug-likeness (QED) is 0.202. The zero-order valence-electron chi connectivity index (χ0n) is 20.3. The van der Waals surface area contributed by atoms with E-state index in [4.69, 9.17) is 4.74 Å². The standard InChI is InChI=1S/C28H25N5O2S/c1-19-17-25(20(2)32(19)23-9-11-24(35-3)12-10-23)26(34)18-36-28-31-30-27(21-13-15-29-16-14-21)33(28)22-7-5-4-6-8-22/h4-17H,18H2,1-3H3. The summed E-state index contributed by atoms with van der Waals surface area (Å²) in [6, 6.07) is 23.5. The zero-order valence-corrected chi connectivity index (χ0v) is 21.1. The van der Waals surface area contributed by atoms with Crippen molar-refractivity contribution in [3.05, 3.63) is 102 Å². The summed E-state index contributed by atoms with van der Waals surface area (Å²) in [6.45, 7) is 3.98. The predicted octanol–water partition coefficient (Wildman–Crippen LogP) is 5.72. The van der Waals surface area contributed by atoms with Gasteiger partial charge in [0, 0.05) is 46.3 Å². The van der Waals surface area contributed by atoms with Gasteiger partial charge in [0.2, 0.25) is 0 Å². The Morgan fingerprint density at radius 1 is 0.889 bits per heavy atom. The number of ether oxygens (including phenoxy) is 1. The van der Waals surface area contributed by atoms with E-state index in [1.54, 1.807) is 19.5 Å². The predicted molar refractivity (Wildman–Crippen MR) is 141 cm³/mol. The van der Waals surface area contributed by atoms with Crippen LogP contribution in [0.2, 0.25) is 0 Å². The van der Waals surface area contributed by atoms with Crippen LogP contribution in [0.1, 0.15) is 21.7 Å². The highest BCUT2D eigenvalue weighted by Crippen LogP contribution is 2.29. The van der Waals surface area contributed by atoms with E-state index in [0.29, 0.717) is 16.5 Å². The second kappa shape index (κ2) is 10.2. The Morgan fingerprint density at radius 3 is 2.28 bits per heavy atom. The molecule has 7 nitrogen and oxygen atoms in total. The number of para-hydroxylation sites is 1. The smallest absolute Gasteiger partial charge is 0.196 e. The summed E-state index contributed by atoms with van der Waals surface area (Å²) in [4.78, 5) is 17.4. The highest BCUT2D eigenvalue weighted by Gasteiger charge is 2.20. The fraction of sp³-hybridized carbons (Fsp3) is 0.143. The molecule has 0 saturated heterocycles. The summed E-state index contributed by atoms with van der Waals surface area (Å²) in [5, 5.41) is 9.53. The summed E-state index contributed by atoms with van der Waals surface area (Å²) >= 11 is 1.38. The maximum atomic E-state index is 13.3. The maximum absolute atomic E-state index is 13.3. The number of pyridine rings is 1. The lowest BCUT2D eigenvalue weighted by Crippen LogP contribution is -2.07. The van der Waals surface area contributed by atoms with Crippen LogP contribution in [0.3, 0.4) is 0 Å². The van der Waals surface area contributed by atoms with Gasteiger partial charge in [-0.05, 0) is 68.4 Å². The molecule has 3 heterocycles. The van der Waals surface area contributed by atoms with Crippen LogP contribution in [0, 0.1) is 13.8 Å². The third-order valence-corrected chi connectivity index (χ3v) is 6.91. The van der Waals surface area contributed by atoms with Crippen molar-refractivity contribution in [3.8, 4) is 28.5 Å². The summed E-state index contributed by atoms with van der Waals surface area (Å²) in [5.74, 6) is 1.79. The number of benzene rings is 2. The lowest BCUT2D eigenvalue weighted by Gasteiger charge is -2.11. The second-order valence-corrected chi connectivity index (χ2v) is 9.19. The summed E-state index contributed by atoms with van der Waals surface area (Å²) in [6.07, 6.45) is 3.46. The van der Waals surface area contributed by atoms with Crippen LogP contribution >= 0.6 is 11.8 Å². The molecule has 2 aromatic carbocycles. The van der Waals surface area contributed by atoms with Gasteiger partial charge in [-0.25, -0.2) is 0 Å². The first-order valence-electron chi connectivity index (χ1n) is 11.5.